The first-order valence-corrected chi connectivity index (χ1v) is 12.9. The third-order valence-corrected chi connectivity index (χ3v) is 6.45. The fraction of sp³-hybridized carbons (Fsp3) is 0.708. The van der Waals surface area contributed by atoms with Crippen molar-refractivity contribution in [2.24, 2.45) is 21.1 Å². The zero-order chi connectivity index (χ0) is 29.5. The Morgan fingerprint density at radius 2 is 1.47 bits per heavy atom. The number of hydrogen-bond acceptors (Lipinski definition) is 11. The van der Waals surface area contributed by atoms with E-state index in [9.17, 15) is 19.2 Å². The van der Waals surface area contributed by atoms with E-state index >= 15 is 0 Å². The second-order valence-electron chi connectivity index (χ2n) is 10.3. The Kier molecular flexibility index (Phi) is 11.3. The van der Waals surface area contributed by atoms with Crippen molar-refractivity contribution >= 4 is 52.4 Å². The number of amidine groups is 1. The largest absolute Gasteiger partial charge is 0.468 e. The molecule has 0 bridgehead atoms. The normalized spacial score (nSPS) is 20.8. The average molecular weight is 557 g/mol. The predicted molar refractivity (Wildman–Crippen MR) is 146 cm³/mol. The zero-order valence-corrected chi connectivity index (χ0v) is 24.9. The lowest BCUT2D eigenvalue weighted by atomic mass is 9.83. The van der Waals surface area contributed by atoms with Gasteiger partial charge in [0.25, 0.3) is 5.91 Å². The van der Waals surface area contributed by atoms with Gasteiger partial charge in [-0.1, -0.05) is 11.8 Å². The molecule has 1 heterocycles. The Morgan fingerprint density at radius 3 is 1.89 bits per heavy atom. The summed E-state index contributed by atoms with van der Waals surface area (Å²) >= 11 is 0.999. The van der Waals surface area contributed by atoms with Crippen LogP contribution in [0.5, 0.6) is 0 Å². The molecular formula is C24H40N6O7S. The Balaban J connectivity index is 3.69. The number of aliphatic imine (C=N–C) groups is 1. The number of nitrogens with one attached hydrogen (secondary N) is 2. The fourth-order valence-electron chi connectivity index (χ4n) is 3.44. The summed E-state index contributed by atoms with van der Waals surface area (Å²) in [5.41, 5.74) is 3.10. The zero-order valence-electron chi connectivity index (χ0n) is 24.0. The van der Waals surface area contributed by atoms with Gasteiger partial charge in [0.2, 0.25) is 0 Å². The number of hydrazone groups is 2. The molecule has 0 aliphatic carbocycles. The van der Waals surface area contributed by atoms with Crippen molar-refractivity contribution in [1.29, 1.82) is 0 Å². The minimum atomic E-state index is -1.74. The lowest BCUT2D eigenvalue weighted by Crippen LogP contribution is -2.56. The Bertz CT molecular complexity index is 1010. The minimum Gasteiger partial charge on any atom is -0.468 e. The van der Waals surface area contributed by atoms with Crippen molar-refractivity contribution in [2.75, 3.05) is 20.2 Å². The smallest absolute Gasteiger partial charge is 0.428 e. The van der Waals surface area contributed by atoms with E-state index in [1.165, 1.54) is 25.9 Å². The molecule has 1 aliphatic heterocycles. The lowest BCUT2D eigenvalue weighted by Gasteiger charge is -2.32. The van der Waals surface area contributed by atoms with E-state index in [-0.39, 0.29) is 18.0 Å². The minimum absolute atomic E-state index is 0.0455. The molecule has 0 saturated carbocycles. The number of carbonyl (C=O) groups is 4. The van der Waals surface area contributed by atoms with Crippen LogP contribution in [0.3, 0.4) is 0 Å². The topological polar surface area (TPSA) is 160 Å². The maximum atomic E-state index is 14.0. The van der Waals surface area contributed by atoms with Crippen molar-refractivity contribution in [3.8, 4) is 0 Å². The summed E-state index contributed by atoms with van der Waals surface area (Å²) in [7, 11) is 1.17. The van der Waals surface area contributed by atoms with Gasteiger partial charge in [0, 0.05) is 13.1 Å². The van der Waals surface area contributed by atoms with E-state index in [1.54, 1.807) is 48.5 Å². The van der Waals surface area contributed by atoms with E-state index in [1.807, 2.05) is 6.92 Å². The van der Waals surface area contributed by atoms with E-state index in [2.05, 4.69) is 26.0 Å². The second-order valence-corrected chi connectivity index (χ2v) is 11.5. The molecule has 13 nitrogen and oxygen atoms in total. The van der Waals surface area contributed by atoms with Gasteiger partial charge in [0.1, 0.15) is 17.1 Å². The van der Waals surface area contributed by atoms with Crippen LogP contribution < -0.4 is 10.9 Å². The average Bonchev–Trinajstić information content (AvgIpc) is 3.05. The Hall–Kier alpha value is -3.16. The summed E-state index contributed by atoms with van der Waals surface area (Å²) in [5.74, 6) is -2.67. The van der Waals surface area contributed by atoms with Crippen LogP contribution in [0.2, 0.25) is 0 Å². The molecule has 0 aromatic heterocycles. The highest BCUT2D eigenvalue weighted by atomic mass is 32.2. The number of carbonyl (C=O) groups excluding carboxylic acids is 4. The number of methoxy groups -OCH3 is 1. The van der Waals surface area contributed by atoms with Crippen LogP contribution in [-0.2, 0) is 23.8 Å². The summed E-state index contributed by atoms with van der Waals surface area (Å²) in [6.45, 7) is 17.3. The van der Waals surface area contributed by atoms with Crippen LogP contribution in [0.4, 0.5) is 9.59 Å². The molecule has 2 N–H and O–H groups in total. The first kappa shape index (κ1) is 32.9. The van der Waals surface area contributed by atoms with Crippen molar-refractivity contribution in [3.63, 3.8) is 0 Å². The highest BCUT2D eigenvalue weighted by Gasteiger charge is 2.62. The number of amides is 3. The second kappa shape index (κ2) is 13.1. The molecule has 0 aromatic carbocycles. The van der Waals surface area contributed by atoms with Crippen LogP contribution in [0.1, 0.15) is 69.2 Å². The molecular weight excluding hydrogens is 516 g/mol. The van der Waals surface area contributed by atoms with Crippen LogP contribution in [0, 0.1) is 5.92 Å². The molecule has 1 saturated heterocycles. The van der Waals surface area contributed by atoms with Crippen LogP contribution in [0.15, 0.2) is 15.2 Å². The Labute approximate surface area is 228 Å². The highest BCUT2D eigenvalue weighted by Crippen LogP contribution is 2.45. The van der Waals surface area contributed by atoms with Crippen LogP contribution >= 0.6 is 11.8 Å². The monoisotopic (exact) mass is 556 g/mol. The van der Waals surface area contributed by atoms with Gasteiger partial charge < -0.3 is 14.2 Å². The number of ether oxygens (including phenoxy) is 3. The van der Waals surface area contributed by atoms with E-state index < -0.39 is 45.9 Å². The highest BCUT2D eigenvalue weighted by molar-refractivity contribution is 8.17. The number of nitrogens with zero attached hydrogens (tertiary/aromatic N) is 4. The number of thioether (sulfide) groups is 1. The van der Waals surface area contributed by atoms with Gasteiger partial charge in [-0.2, -0.15) is 10.2 Å². The third kappa shape index (κ3) is 8.43. The van der Waals surface area contributed by atoms with Gasteiger partial charge >= 0.3 is 18.2 Å². The van der Waals surface area contributed by atoms with Crippen molar-refractivity contribution in [2.45, 2.75) is 85.2 Å². The van der Waals surface area contributed by atoms with Crippen LogP contribution in [0.25, 0.3) is 0 Å². The van der Waals surface area contributed by atoms with E-state index in [0.717, 1.165) is 11.8 Å². The quantitative estimate of drug-likeness (QED) is 0.199. The van der Waals surface area contributed by atoms with Gasteiger partial charge in [0.15, 0.2) is 9.91 Å². The molecule has 2 atom stereocenters. The SMILES string of the molecule is CCN=C1SC(/C(C)=N/NC(=O)OC(C)(C)C)(C(C(=O)OC)/C(C)=N/NC(=O)OC(C)(C)C)C(=O)N1CC. The summed E-state index contributed by atoms with van der Waals surface area (Å²) in [5, 5.41) is 8.55. The molecule has 0 aromatic rings. The maximum absolute atomic E-state index is 14.0. The first-order valence-electron chi connectivity index (χ1n) is 12.1. The molecule has 2 unspecified atom stereocenters. The molecule has 0 radical (unpaired) electrons. The third-order valence-electron chi connectivity index (χ3n) is 4.89. The molecule has 14 heteroatoms. The van der Waals surface area contributed by atoms with Crippen molar-refractivity contribution in [1.82, 2.24) is 15.8 Å². The fourth-order valence-corrected chi connectivity index (χ4v) is 5.02. The first-order chi connectivity index (χ1) is 17.4. The number of esters is 1. The summed E-state index contributed by atoms with van der Waals surface area (Å²) < 4.78 is 13.8. The van der Waals surface area contributed by atoms with Gasteiger partial charge in [-0.3, -0.25) is 19.5 Å². The lowest BCUT2D eigenvalue weighted by molar-refractivity contribution is -0.146. The van der Waals surface area contributed by atoms with Crippen LogP contribution in [-0.4, -0.2) is 81.7 Å². The van der Waals surface area contributed by atoms with Crippen molar-refractivity contribution in [3.05, 3.63) is 0 Å². The van der Waals surface area contributed by atoms with Gasteiger partial charge in [-0.25, -0.2) is 20.4 Å². The predicted octanol–water partition coefficient (Wildman–Crippen LogP) is 3.29. The van der Waals surface area contributed by atoms with E-state index in [0.29, 0.717) is 11.7 Å². The maximum Gasteiger partial charge on any atom is 0.428 e. The molecule has 3 amide bonds. The van der Waals surface area contributed by atoms with E-state index in [4.69, 9.17) is 14.2 Å². The number of rotatable bonds is 8. The van der Waals surface area contributed by atoms with Gasteiger partial charge in [0.05, 0.1) is 18.5 Å². The van der Waals surface area contributed by atoms with Gasteiger partial charge in [-0.05, 0) is 69.2 Å². The standard InChI is InChI=1S/C24H40N6O7S/c1-12-25-19-30(13-2)18(32)24(38-19,15(4)27-29-21(34)37-23(8,9)10)16(17(31)35-11)14(3)26-28-20(33)36-22(5,6)7/h16H,12-13H2,1-11H3,(H,28,33)(H,29,34)/b25-19?,26-14+,27-15+. The summed E-state index contributed by atoms with van der Waals surface area (Å²) in [4.78, 5) is 57.5. The molecule has 1 rings (SSSR count). The Morgan fingerprint density at radius 1 is 0.974 bits per heavy atom. The van der Waals surface area contributed by atoms with Gasteiger partial charge in [-0.15, -0.1) is 0 Å². The number of hydrogen-bond donors (Lipinski definition) is 2. The summed E-state index contributed by atoms with van der Waals surface area (Å²) in [6.07, 6.45) is -1.69. The summed E-state index contributed by atoms with van der Waals surface area (Å²) in [6, 6.07) is 0. The molecule has 1 aliphatic rings. The molecule has 38 heavy (non-hydrogen) atoms. The molecule has 1 fully saturated rings. The van der Waals surface area contributed by atoms with Crippen molar-refractivity contribution < 1.29 is 33.4 Å². The molecule has 0 spiro atoms. The molecule has 214 valence electrons.